The van der Waals surface area contributed by atoms with Gasteiger partial charge in [0.2, 0.25) is 0 Å². The maximum Gasteiger partial charge on any atom is 0.355 e. The molecule has 1 heterocycles. The number of carbonyl (C=O) groups excluding carboxylic acids is 2. The minimum Gasteiger partial charge on any atom is -0.466 e. The van der Waals surface area contributed by atoms with Gasteiger partial charge in [-0.1, -0.05) is 42.5 Å². The van der Waals surface area contributed by atoms with Crippen molar-refractivity contribution in [2.45, 2.75) is 25.8 Å². The maximum atomic E-state index is 13.1. The number of nitrogens with one attached hydrogen (secondary N) is 1. The summed E-state index contributed by atoms with van der Waals surface area (Å²) in [6.45, 7) is 3.94. The lowest BCUT2D eigenvalue weighted by Gasteiger charge is -2.36. The summed E-state index contributed by atoms with van der Waals surface area (Å²) in [7, 11) is 2.44. The van der Waals surface area contributed by atoms with Crippen LogP contribution in [0, 0.1) is 11.3 Å². The Labute approximate surface area is 192 Å². The first-order chi connectivity index (χ1) is 15.8. The third-order valence-electron chi connectivity index (χ3n) is 5.20. The monoisotopic (exact) mass is 446 g/mol. The van der Waals surface area contributed by atoms with Crippen LogP contribution in [0.3, 0.4) is 0 Å². The summed E-state index contributed by atoms with van der Waals surface area (Å²) in [5.41, 5.74) is 8.30. The SMILES string of the molecule is COC(=O)C1=C(C(=O)OC)N(c2ccccc2NC(C)C)C(N)=C(C#N)C1c1ccccc1. The second-order valence-electron chi connectivity index (χ2n) is 7.65. The van der Waals surface area contributed by atoms with E-state index in [2.05, 4.69) is 11.4 Å². The van der Waals surface area contributed by atoms with E-state index in [1.54, 1.807) is 36.4 Å². The number of allylic oxidation sites excluding steroid dienone is 1. The number of para-hydroxylation sites is 2. The van der Waals surface area contributed by atoms with E-state index >= 15 is 0 Å². The number of anilines is 2. The average Bonchev–Trinajstić information content (AvgIpc) is 2.83. The molecule has 0 bridgehead atoms. The molecule has 3 rings (SSSR count). The molecule has 33 heavy (non-hydrogen) atoms. The Hall–Kier alpha value is -4.25. The normalized spacial score (nSPS) is 15.9. The van der Waals surface area contributed by atoms with Crippen LogP contribution >= 0.6 is 0 Å². The number of nitriles is 1. The van der Waals surface area contributed by atoms with Gasteiger partial charge in [0.15, 0.2) is 0 Å². The Bertz CT molecular complexity index is 1160. The van der Waals surface area contributed by atoms with Crippen LogP contribution in [0.25, 0.3) is 0 Å². The highest BCUT2D eigenvalue weighted by Crippen LogP contribution is 2.44. The van der Waals surface area contributed by atoms with E-state index < -0.39 is 17.9 Å². The molecule has 1 atom stereocenters. The predicted octanol–water partition coefficient (Wildman–Crippen LogP) is 3.40. The van der Waals surface area contributed by atoms with E-state index in [-0.39, 0.29) is 28.7 Å². The molecule has 0 spiro atoms. The molecular weight excluding hydrogens is 420 g/mol. The van der Waals surface area contributed by atoms with Gasteiger partial charge in [0.25, 0.3) is 0 Å². The van der Waals surface area contributed by atoms with E-state index in [1.807, 2.05) is 32.0 Å². The van der Waals surface area contributed by atoms with Gasteiger partial charge in [0.05, 0.1) is 48.7 Å². The number of ether oxygens (including phenoxy) is 2. The quantitative estimate of drug-likeness (QED) is 0.648. The Balaban J connectivity index is 2.41. The van der Waals surface area contributed by atoms with Crippen LogP contribution in [-0.2, 0) is 19.1 Å². The van der Waals surface area contributed by atoms with E-state index in [0.29, 0.717) is 16.9 Å². The van der Waals surface area contributed by atoms with E-state index in [9.17, 15) is 14.9 Å². The zero-order valence-electron chi connectivity index (χ0n) is 19.0. The lowest BCUT2D eigenvalue weighted by atomic mass is 9.81. The molecule has 170 valence electrons. The molecule has 1 aliphatic rings. The molecule has 0 radical (unpaired) electrons. The van der Waals surface area contributed by atoms with Crippen molar-refractivity contribution in [3.63, 3.8) is 0 Å². The molecule has 8 heteroatoms. The first kappa shape index (κ1) is 23.4. The summed E-state index contributed by atoms with van der Waals surface area (Å²) in [5.74, 6) is -2.42. The van der Waals surface area contributed by atoms with E-state index in [4.69, 9.17) is 15.2 Å². The highest BCUT2D eigenvalue weighted by Gasteiger charge is 2.43. The molecule has 2 aromatic rings. The molecule has 3 N–H and O–H groups in total. The summed E-state index contributed by atoms with van der Waals surface area (Å²) >= 11 is 0. The van der Waals surface area contributed by atoms with Crippen LogP contribution in [0.4, 0.5) is 11.4 Å². The number of esters is 2. The third-order valence-corrected chi connectivity index (χ3v) is 5.20. The number of rotatable bonds is 6. The van der Waals surface area contributed by atoms with Gasteiger partial charge in [-0.2, -0.15) is 5.26 Å². The van der Waals surface area contributed by atoms with Crippen LogP contribution in [-0.4, -0.2) is 32.2 Å². The minimum atomic E-state index is -0.903. The zero-order chi connectivity index (χ0) is 24.1. The van der Waals surface area contributed by atoms with Gasteiger partial charge in [0, 0.05) is 6.04 Å². The predicted molar refractivity (Wildman–Crippen MR) is 125 cm³/mol. The Morgan fingerprint density at radius 3 is 2.21 bits per heavy atom. The largest absolute Gasteiger partial charge is 0.466 e. The fraction of sp³-hybridized carbons (Fsp3) is 0.240. The van der Waals surface area contributed by atoms with Crippen molar-refractivity contribution in [3.8, 4) is 6.07 Å². The van der Waals surface area contributed by atoms with Crippen molar-refractivity contribution in [2.75, 3.05) is 24.4 Å². The second-order valence-corrected chi connectivity index (χ2v) is 7.65. The van der Waals surface area contributed by atoms with Crippen LogP contribution in [0.1, 0.15) is 25.3 Å². The summed E-state index contributed by atoms with van der Waals surface area (Å²) < 4.78 is 10.1. The minimum absolute atomic E-state index is 0.0254. The molecule has 0 aromatic heterocycles. The molecule has 2 aromatic carbocycles. The van der Waals surface area contributed by atoms with Crippen molar-refractivity contribution in [3.05, 3.63) is 82.8 Å². The van der Waals surface area contributed by atoms with Crippen molar-refractivity contribution in [1.29, 1.82) is 5.26 Å². The van der Waals surface area contributed by atoms with Gasteiger partial charge < -0.3 is 20.5 Å². The van der Waals surface area contributed by atoms with Crippen molar-refractivity contribution < 1.29 is 19.1 Å². The van der Waals surface area contributed by atoms with Crippen molar-refractivity contribution in [1.82, 2.24) is 0 Å². The standard InChI is InChI=1S/C25H26N4O4/c1-15(2)28-18-12-8-9-13-19(18)29-22(25(31)33-4)21(24(30)32-3)20(17(14-26)23(29)27)16-10-6-5-7-11-16/h5-13,15,20,28H,27H2,1-4H3. The Kier molecular flexibility index (Phi) is 7.04. The van der Waals surface area contributed by atoms with Crippen LogP contribution in [0.15, 0.2) is 77.3 Å². The number of nitrogens with zero attached hydrogens (tertiary/aromatic N) is 2. The summed E-state index contributed by atoms with van der Waals surface area (Å²) in [4.78, 5) is 27.6. The Morgan fingerprint density at radius 2 is 1.64 bits per heavy atom. The topological polar surface area (TPSA) is 118 Å². The van der Waals surface area contributed by atoms with Gasteiger partial charge in [-0.05, 0) is 31.5 Å². The molecule has 8 nitrogen and oxygen atoms in total. The fourth-order valence-electron chi connectivity index (χ4n) is 3.87. The highest BCUT2D eigenvalue weighted by atomic mass is 16.5. The third kappa shape index (κ3) is 4.39. The lowest BCUT2D eigenvalue weighted by Crippen LogP contribution is -2.41. The van der Waals surface area contributed by atoms with Crippen LogP contribution < -0.4 is 16.0 Å². The summed E-state index contributed by atoms with van der Waals surface area (Å²) in [5, 5.41) is 13.4. The first-order valence-electron chi connectivity index (χ1n) is 10.4. The maximum absolute atomic E-state index is 13.1. The molecule has 1 unspecified atom stereocenters. The number of benzene rings is 2. The number of methoxy groups -OCH3 is 2. The van der Waals surface area contributed by atoms with Gasteiger partial charge in [0.1, 0.15) is 11.5 Å². The molecule has 0 aliphatic carbocycles. The van der Waals surface area contributed by atoms with Crippen LogP contribution in [0.5, 0.6) is 0 Å². The number of carbonyl (C=O) groups is 2. The molecule has 0 amide bonds. The van der Waals surface area contributed by atoms with Gasteiger partial charge >= 0.3 is 11.9 Å². The summed E-state index contributed by atoms with van der Waals surface area (Å²) in [6, 6.07) is 18.3. The molecule has 1 aliphatic heterocycles. The van der Waals surface area contributed by atoms with Crippen LogP contribution in [0.2, 0.25) is 0 Å². The van der Waals surface area contributed by atoms with Gasteiger partial charge in [-0.25, -0.2) is 9.59 Å². The van der Waals surface area contributed by atoms with E-state index in [1.165, 1.54) is 19.1 Å². The summed E-state index contributed by atoms with van der Waals surface area (Å²) in [6.07, 6.45) is 0. The fourth-order valence-corrected chi connectivity index (χ4v) is 3.87. The van der Waals surface area contributed by atoms with Gasteiger partial charge in [-0.3, -0.25) is 4.90 Å². The van der Waals surface area contributed by atoms with Crippen molar-refractivity contribution >= 4 is 23.3 Å². The number of hydrogen-bond acceptors (Lipinski definition) is 8. The number of nitrogens with two attached hydrogens (primary N) is 1. The molecular formula is C25H26N4O4. The number of hydrogen-bond donors (Lipinski definition) is 2. The van der Waals surface area contributed by atoms with Gasteiger partial charge in [-0.15, -0.1) is 0 Å². The smallest absolute Gasteiger partial charge is 0.355 e. The van der Waals surface area contributed by atoms with E-state index in [0.717, 1.165) is 0 Å². The highest BCUT2D eigenvalue weighted by molar-refractivity contribution is 6.07. The lowest BCUT2D eigenvalue weighted by molar-refractivity contribution is -0.139. The van der Waals surface area contributed by atoms with Crippen molar-refractivity contribution in [2.24, 2.45) is 5.73 Å². The molecule has 0 saturated heterocycles. The molecule has 0 saturated carbocycles. The Morgan fingerprint density at radius 1 is 1.03 bits per heavy atom. The second kappa shape index (κ2) is 9.92. The average molecular weight is 447 g/mol. The first-order valence-corrected chi connectivity index (χ1v) is 10.4. The molecule has 0 fully saturated rings. The zero-order valence-corrected chi connectivity index (χ0v) is 19.0.